The maximum absolute atomic E-state index is 12.7. The van der Waals surface area contributed by atoms with E-state index >= 15 is 0 Å². The smallest absolute Gasteiger partial charge is 0.251 e. The Morgan fingerprint density at radius 1 is 0.688 bits per heavy atom. The highest BCUT2D eigenvalue weighted by Crippen LogP contribution is 2.28. The monoisotopic (exact) mass is 417 g/mol. The predicted octanol–water partition coefficient (Wildman–Crippen LogP) is 4.68. The van der Waals surface area contributed by atoms with Gasteiger partial charge in [0.15, 0.2) is 0 Å². The molecule has 154 valence electrons. The molecular weight excluding hydrogens is 398 g/mol. The van der Waals surface area contributed by atoms with Crippen LogP contribution in [0.5, 0.6) is 0 Å². The van der Waals surface area contributed by atoms with Crippen molar-refractivity contribution >= 4 is 16.9 Å². The van der Waals surface area contributed by atoms with Crippen molar-refractivity contribution < 1.29 is 4.79 Å². The minimum Gasteiger partial charge on any atom is -0.348 e. The molecule has 6 nitrogen and oxygen atoms in total. The van der Waals surface area contributed by atoms with Gasteiger partial charge in [-0.1, -0.05) is 42.5 Å². The Kier molecular flexibility index (Phi) is 5.32. The summed E-state index contributed by atoms with van der Waals surface area (Å²) in [6, 6.07) is 26.5. The maximum Gasteiger partial charge on any atom is 0.251 e. The number of hydrogen-bond donors (Lipinski definition) is 1. The number of rotatable bonds is 5. The molecule has 3 aromatic heterocycles. The minimum atomic E-state index is -0.161. The van der Waals surface area contributed by atoms with E-state index in [1.54, 1.807) is 24.5 Å². The molecule has 0 saturated heterocycles. The molecule has 0 aliphatic heterocycles. The number of carbonyl (C=O) groups excluding carboxylic acids is 1. The van der Waals surface area contributed by atoms with Gasteiger partial charge in [-0.2, -0.15) is 0 Å². The molecule has 0 atom stereocenters. The molecule has 0 bridgehead atoms. The summed E-state index contributed by atoms with van der Waals surface area (Å²) in [6.07, 6.45) is 3.44. The van der Waals surface area contributed by atoms with Crippen LogP contribution >= 0.6 is 0 Å². The van der Waals surface area contributed by atoms with Crippen molar-refractivity contribution in [2.45, 2.75) is 6.54 Å². The van der Waals surface area contributed by atoms with Gasteiger partial charge in [-0.3, -0.25) is 14.8 Å². The highest BCUT2D eigenvalue weighted by Gasteiger charge is 2.16. The fourth-order valence-electron chi connectivity index (χ4n) is 3.44. The Morgan fingerprint density at radius 2 is 1.31 bits per heavy atom. The number of benzene rings is 2. The average Bonchev–Trinajstić information content (AvgIpc) is 2.88. The lowest BCUT2D eigenvalue weighted by atomic mass is 10.1. The van der Waals surface area contributed by atoms with Crippen LogP contribution in [0.3, 0.4) is 0 Å². The fraction of sp³-hybridized carbons (Fsp3) is 0.0385. The second-order valence-electron chi connectivity index (χ2n) is 7.22. The van der Waals surface area contributed by atoms with Gasteiger partial charge >= 0.3 is 0 Å². The van der Waals surface area contributed by atoms with Crippen molar-refractivity contribution in [3.8, 4) is 22.8 Å². The Labute approximate surface area is 185 Å². The molecule has 2 aromatic carbocycles. The van der Waals surface area contributed by atoms with Crippen molar-refractivity contribution in [2.24, 2.45) is 0 Å². The Balaban J connectivity index is 1.54. The standard InChI is InChI=1S/C26H19N5O/c32-26(29-17-18-8-2-1-3-9-18)19-12-13-20-23(16-19)31-25(22-11-5-7-15-28-22)24(30-20)21-10-4-6-14-27-21/h1-16H,17H2,(H,29,32). The highest BCUT2D eigenvalue weighted by molar-refractivity contribution is 5.98. The average molecular weight is 417 g/mol. The second kappa shape index (κ2) is 8.73. The largest absolute Gasteiger partial charge is 0.348 e. The molecule has 0 unspecified atom stereocenters. The van der Waals surface area contributed by atoms with E-state index in [-0.39, 0.29) is 5.91 Å². The molecule has 1 N–H and O–H groups in total. The molecule has 5 rings (SSSR count). The zero-order chi connectivity index (χ0) is 21.8. The molecule has 0 aliphatic carbocycles. The quantitative estimate of drug-likeness (QED) is 0.449. The molecule has 0 spiro atoms. The van der Waals surface area contributed by atoms with Crippen LogP contribution in [0, 0.1) is 0 Å². The zero-order valence-electron chi connectivity index (χ0n) is 17.1. The third-order valence-electron chi connectivity index (χ3n) is 5.04. The molecule has 0 aliphatic rings. The Morgan fingerprint density at radius 3 is 1.94 bits per heavy atom. The summed E-state index contributed by atoms with van der Waals surface area (Å²) in [6.45, 7) is 0.460. The summed E-state index contributed by atoms with van der Waals surface area (Å²) >= 11 is 0. The van der Waals surface area contributed by atoms with Crippen molar-refractivity contribution in [2.75, 3.05) is 0 Å². The van der Waals surface area contributed by atoms with Crippen LogP contribution in [-0.4, -0.2) is 25.8 Å². The van der Waals surface area contributed by atoms with Gasteiger partial charge in [0.1, 0.15) is 11.4 Å². The first-order chi connectivity index (χ1) is 15.8. The van der Waals surface area contributed by atoms with Crippen molar-refractivity contribution in [3.63, 3.8) is 0 Å². The first kappa shape index (κ1) is 19.5. The van der Waals surface area contributed by atoms with E-state index in [2.05, 4.69) is 15.3 Å². The molecule has 0 saturated carbocycles. The highest BCUT2D eigenvalue weighted by atomic mass is 16.1. The summed E-state index contributed by atoms with van der Waals surface area (Å²) in [4.78, 5) is 31.3. The number of fused-ring (bicyclic) bond motifs is 1. The number of carbonyl (C=O) groups is 1. The number of hydrogen-bond acceptors (Lipinski definition) is 5. The maximum atomic E-state index is 12.7. The van der Waals surface area contributed by atoms with E-state index in [0.29, 0.717) is 45.9 Å². The van der Waals surface area contributed by atoms with E-state index in [1.165, 1.54) is 0 Å². The van der Waals surface area contributed by atoms with E-state index in [0.717, 1.165) is 5.56 Å². The van der Waals surface area contributed by atoms with Crippen LogP contribution in [-0.2, 0) is 6.54 Å². The first-order valence-corrected chi connectivity index (χ1v) is 10.2. The number of nitrogens with one attached hydrogen (secondary N) is 1. The van der Waals surface area contributed by atoms with Crippen molar-refractivity contribution in [1.29, 1.82) is 0 Å². The number of pyridine rings is 2. The normalized spacial score (nSPS) is 10.8. The van der Waals surface area contributed by atoms with Crippen molar-refractivity contribution in [1.82, 2.24) is 25.3 Å². The van der Waals surface area contributed by atoms with E-state index in [1.807, 2.05) is 72.8 Å². The summed E-state index contributed by atoms with van der Waals surface area (Å²) in [5, 5.41) is 2.95. The van der Waals surface area contributed by atoms with Gasteiger partial charge in [-0.25, -0.2) is 9.97 Å². The minimum absolute atomic E-state index is 0.161. The van der Waals surface area contributed by atoms with Gasteiger partial charge in [0, 0.05) is 24.5 Å². The van der Waals surface area contributed by atoms with Crippen LogP contribution < -0.4 is 5.32 Å². The lowest BCUT2D eigenvalue weighted by Gasteiger charge is -2.10. The summed E-state index contributed by atoms with van der Waals surface area (Å²) < 4.78 is 0. The number of amides is 1. The van der Waals surface area contributed by atoms with Crippen LogP contribution in [0.4, 0.5) is 0 Å². The van der Waals surface area contributed by atoms with Crippen molar-refractivity contribution in [3.05, 3.63) is 108 Å². The Bertz CT molecular complexity index is 1370. The summed E-state index contributed by atoms with van der Waals surface area (Å²) in [7, 11) is 0. The molecule has 0 fully saturated rings. The summed E-state index contributed by atoms with van der Waals surface area (Å²) in [5.41, 5.74) is 5.56. The predicted molar refractivity (Wildman–Crippen MR) is 124 cm³/mol. The topological polar surface area (TPSA) is 80.7 Å². The Hall–Kier alpha value is -4.45. The number of nitrogens with zero attached hydrogens (tertiary/aromatic N) is 4. The molecule has 0 radical (unpaired) electrons. The van der Waals surface area contributed by atoms with Gasteiger partial charge in [0.2, 0.25) is 0 Å². The van der Waals surface area contributed by atoms with E-state index in [9.17, 15) is 4.79 Å². The lowest BCUT2D eigenvalue weighted by molar-refractivity contribution is 0.0951. The summed E-state index contributed by atoms with van der Waals surface area (Å²) in [5.74, 6) is -0.161. The number of aromatic nitrogens is 4. The SMILES string of the molecule is O=C(NCc1ccccc1)c1ccc2nc(-c3ccccn3)c(-c3ccccn3)nc2c1. The molecule has 5 aromatic rings. The van der Waals surface area contributed by atoms with E-state index in [4.69, 9.17) is 9.97 Å². The first-order valence-electron chi connectivity index (χ1n) is 10.2. The fourth-order valence-corrected chi connectivity index (χ4v) is 3.44. The second-order valence-corrected chi connectivity index (χ2v) is 7.22. The lowest BCUT2D eigenvalue weighted by Crippen LogP contribution is -2.22. The van der Waals surface area contributed by atoms with Gasteiger partial charge in [0.25, 0.3) is 5.91 Å². The van der Waals surface area contributed by atoms with Gasteiger partial charge in [-0.15, -0.1) is 0 Å². The third-order valence-corrected chi connectivity index (χ3v) is 5.04. The van der Waals surface area contributed by atoms with Crippen LogP contribution in [0.1, 0.15) is 15.9 Å². The third kappa shape index (κ3) is 4.06. The molecular formula is C26H19N5O. The molecule has 32 heavy (non-hydrogen) atoms. The van der Waals surface area contributed by atoms with E-state index < -0.39 is 0 Å². The van der Waals surface area contributed by atoms with Crippen LogP contribution in [0.25, 0.3) is 33.8 Å². The molecule has 6 heteroatoms. The molecule has 3 heterocycles. The zero-order valence-corrected chi connectivity index (χ0v) is 17.1. The van der Waals surface area contributed by atoms with Gasteiger partial charge in [-0.05, 0) is 48.0 Å². The van der Waals surface area contributed by atoms with Gasteiger partial charge < -0.3 is 5.32 Å². The van der Waals surface area contributed by atoms with Crippen LogP contribution in [0.15, 0.2) is 97.3 Å². The van der Waals surface area contributed by atoms with Crippen LogP contribution in [0.2, 0.25) is 0 Å². The van der Waals surface area contributed by atoms with Gasteiger partial charge in [0.05, 0.1) is 22.4 Å². The molecule has 1 amide bonds.